The maximum Gasteiger partial charge on any atom is 0.306 e. The van der Waals surface area contributed by atoms with Crippen molar-refractivity contribution in [2.24, 2.45) is 0 Å². The van der Waals surface area contributed by atoms with Gasteiger partial charge in [-0.3, -0.25) is 9.48 Å². The number of hydrogen-bond acceptors (Lipinski definition) is 4. The van der Waals surface area contributed by atoms with Crippen LogP contribution in [-0.4, -0.2) is 37.2 Å². The molecular formula is C11H18N2O4. The van der Waals surface area contributed by atoms with Gasteiger partial charge in [-0.05, 0) is 20.8 Å². The minimum absolute atomic E-state index is 0.226. The molecule has 0 fully saturated rings. The third-order valence-electron chi connectivity index (χ3n) is 2.38. The van der Waals surface area contributed by atoms with Gasteiger partial charge in [0.05, 0.1) is 24.3 Å². The van der Waals surface area contributed by atoms with Crippen molar-refractivity contribution in [3.8, 4) is 0 Å². The van der Waals surface area contributed by atoms with Gasteiger partial charge >= 0.3 is 5.97 Å². The molecule has 0 amide bonds. The van der Waals surface area contributed by atoms with E-state index < -0.39 is 24.6 Å². The van der Waals surface area contributed by atoms with Crippen molar-refractivity contribution in [2.45, 2.75) is 44.9 Å². The summed E-state index contributed by atoms with van der Waals surface area (Å²) in [4.78, 5) is 10.4. The van der Waals surface area contributed by atoms with Crippen LogP contribution in [0.4, 0.5) is 0 Å². The van der Waals surface area contributed by atoms with Crippen LogP contribution in [0, 0.1) is 0 Å². The molecule has 0 radical (unpaired) electrons. The Kier molecular flexibility index (Phi) is 3.90. The first-order valence-corrected chi connectivity index (χ1v) is 5.35. The molecule has 0 aromatic carbocycles. The molecule has 0 aliphatic rings. The van der Waals surface area contributed by atoms with E-state index in [0.717, 1.165) is 0 Å². The van der Waals surface area contributed by atoms with Crippen molar-refractivity contribution < 1.29 is 20.1 Å². The first-order chi connectivity index (χ1) is 7.71. The molecule has 0 aliphatic heterocycles. The van der Waals surface area contributed by atoms with Gasteiger partial charge < -0.3 is 15.3 Å². The van der Waals surface area contributed by atoms with E-state index in [-0.39, 0.29) is 5.54 Å². The van der Waals surface area contributed by atoms with Crippen molar-refractivity contribution in [2.75, 3.05) is 0 Å². The summed E-state index contributed by atoms with van der Waals surface area (Å²) in [6.07, 6.45) is -0.0224. The van der Waals surface area contributed by atoms with Gasteiger partial charge in [0.25, 0.3) is 0 Å². The van der Waals surface area contributed by atoms with E-state index in [1.165, 1.54) is 6.20 Å². The highest BCUT2D eigenvalue weighted by atomic mass is 16.4. The van der Waals surface area contributed by atoms with E-state index in [1.54, 1.807) is 10.9 Å². The van der Waals surface area contributed by atoms with E-state index in [4.69, 9.17) is 5.11 Å². The highest BCUT2D eigenvalue weighted by Crippen LogP contribution is 2.21. The Hall–Kier alpha value is -1.40. The number of carboxylic acid groups (broad SMARTS) is 1. The lowest BCUT2D eigenvalue weighted by Crippen LogP contribution is -2.23. The number of aliphatic hydroxyl groups is 2. The molecule has 0 saturated heterocycles. The predicted octanol–water partition coefficient (Wildman–Crippen LogP) is 0.507. The smallest absolute Gasteiger partial charge is 0.306 e. The molecule has 6 heteroatoms. The maximum atomic E-state index is 10.4. The minimum Gasteiger partial charge on any atom is -0.481 e. The second-order valence-corrected chi connectivity index (χ2v) is 5.00. The van der Waals surface area contributed by atoms with Crippen molar-refractivity contribution in [1.29, 1.82) is 0 Å². The minimum atomic E-state index is -1.33. The number of carbonyl (C=O) groups is 1. The summed E-state index contributed by atoms with van der Waals surface area (Å²) in [5, 5.41) is 31.8. The van der Waals surface area contributed by atoms with Gasteiger partial charge in [-0.25, -0.2) is 0 Å². The van der Waals surface area contributed by atoms with Crippen LogP contribution in [0.1, 0.15) is 38.9 Å². The van der Waals surface area contributed by atoms with E-state index in [2.05, 4.69) is 5.10 Å². The van der Waals surface area contributed by atoms with Gasteiger partial charge in [0.2, 0.25) is 0 Å². The summed E-state index contributed by atoms with van der Waals surface area (Å²) in [5.41, 5.74) is 0.184. The molecule has 2 atom stereocenters. The zero-order chi connectivity index (χ0) is 13.2. The van der Waals surface area contributed by atoms with Gasteiger partial charge in [0.1, 0.15) is 6.10 Å². The lowest BCUT2D eigenvalue weighted by atomic mass is 10.1. The topological polar surface area (TPSA) is 95.6 Å². The number of hydrogen-bond donors (Lipinski definition) is 3. The van der Waals surface area contributed by atoms with Gasteiger partial charge in [-0.15, -0.1) is 0 Å². The number of carboxylic acids is 1. The third-order valence-corrected chi connectivity index (χ3v) is 2.38. The zero-order valence-corrected chi connectivity index (χ0v) is 10.2. The second-order valence-electron chi connectivity index (χ2n) is 5.00. The van der Waals surface area contributed by atoms with Crippen molar-refractivity contribution in [3.05, 3.63) is 18.0 Å². The molecule has 0 spiro atoms. The summed E-state index contributed by atoms with van der Waals surface area (Å²) in [6, 6.07) is 0. The van der Waals surface area contributed by atoms with Crippen LogP contribution in [-0.2, 0) is 10.3 Å². The molecule has 1 aromatic rings. The largest absolute Gasteiger partial charge is 0.481 e. The molecule has 3 N–H and O–H groups in total. The monoisotopic (exact) mass is 242 g/mol. The first-order valence-electron chi connectivity index (χ1n) is 5.35. The Labute approximate surface area is 99.5 Å². The average Bonchev–Trinajstić information content (AvgIpc) is 2.63. The summed E-state index contributed by atoms with van der Waals surface area (Å²) in [6.45, 7) is 5.84. The number of aliphatic carboxylic acids is 1. The Morgan fingerprint density at radius 3 is 2.47 bits per heavy atom. The quantitative estimate of drug-likeness (QED) is 0.715. The Morgan fingerprint density at radius 2 is 2.06 bits per heavy atom. The van der Waals surface area contributed by atoms with E-state index in [0.29, 0.717) is 5.56 Å². The molecule has 1 heterocycles. The highest BCUT2D eigenvalue weighted by Gasteiger charge is 2.24. The molecular weight excluding hydrogens is 224 g/mol. The van der Waals surface area contributed by atoms with Crippen LogP contribution in [0.5, 0.6) is 0 Å². The summed E-state index contributed by atoms with van der Waals surface area (Å²) in [5.74, 6) is -1.15. The van der Waals surface area contributed by atoms with E-state index in [9.17, 15) is 15.0 Å². The predicted molar refractivity (Wildman–Crippen MR) is 60.4 cm³/mol. The van der Waals surface area contributed by atoms with Gasteiger partial charge in [-0.2, -0.15) is 5.10 Å². The molecule has 1 rings (SSSR count). The molecule has 0 bridgehead atoms. The van der Waals surface area contributed by atoms with Crippen molar-refractivity contribution in [3.63, 3.8) is 0 Å². The number of aliphatic hydroxyl groups excluding tert-OH is 2. The van der Waals surface area contributed by atoms with Crippen LogP contribution in [0.25, 0.3) is 0 Å². The fourth-order valence-corrected chi connectivity index (χ4v) is 1.37. The van der Waals surface area contributed by atoms with Gasteiger partial charge in [0, 0.05) is 11.8 Å². The molecule has 96 valence electrons. The normalized spacial score (nSPS) is 15.6. The molecule has 0 saturated carbocycles. The van der Waals surface area contributed by atoms with Crippen LogP contribution < -0.4 is 0 Å². The fourth-order valence-electron chi connectivity index (χ4n) is 1.37. The number of rotatable bonds is 4. The Balaban J connectivity index is 2.79. The molecule has 2 unspecified atom stereocenters. The van der Waals surface area contributed by atoms with Crippen molar-refractivity contribution >= 4 is 5.97 Å². The number of nitrogens with zero attached hydrogens (tertiary/aromatic N) is 2. The van der Waals surface area contributed by atoms with Crippen LogP contribution in [0.3, 0.4) is 0 Å². The molecule has 17 heavy (non-hydrogen) atoms. The second kappa shape index (κ2) is 4.85. The summed E-state index contributed by atoms with van der Waals surface area (Å²) in [7, 11) is 0. The van der Waals surface area contributed by atoms with Crippen LogP contribution >= 0.6 is 0 Å². The van der Waals surface area contributed by atoms with Gasteiger partial charge in [0.15, 0.2) is 0 Å². The van der Waals surface area contributed by atoms with Crippen LogP contribution in [0.15, 0.2) is 12.4 Å². The van der Waals surface area contributed by atoms with E-state index >= 15 is 0 Å². The first kappa shape index (κ1) is 13.7. The lowest BCUT2D eigenvalue weighted by Gasteiger charge is -2.19. The SMILES string of the molecule is CC(C)(C)n1cc(C(O)C(O)CC(=O)O)cn1. The average molecular weight is 242 g/mol. The standard InChI is InChI=1S/C11H18N2O4/c1-11(2,3)13-6-7(5-12-13)10(17)8(14)4-9(15)16/h5-6,8,10,14,17H,4H2,1-3H3,(H,15,16). The molecule has 0 aliphatic carbocycles. The lowest BCUT2D eigenvalue weighted by molar-refractivity contribution is -0.141. The summed E-state index contributed by atoms with van der Waals surface area (Å²) >= 11 is 0. The summed E-state index contributed by atoms with van der Waals surface area (Å²) < 4.78 is 1.65. The Morgan fingerprint density at radius 1 is 1.47 bits per heavy atom. The van der Waals surface area contributed by atoms with Gasteiger partial charge in [-0.1, -0.05) is 0 Å². The van der Waals surface area contributed by atoms with E-state index in [1.807, 2.05) is 20.8 Å². The third kappa shape index (κ3) is 3.54. The molecule has 1 aromatic heterocycles. The highest BCUT2D eigenvalue weighted by molar-refractivity contribution is 5.67. The van der Waals surface area contributed by atoms with Crippen molar-refractivity contribution in [1.82, 2.24) is 9.78 Å². The molecule has 6 nitrogen and oxygen atoms in total. The Bertz CT molecular complexity index is 394. The zero-order valence-electron chi connectivity index (χ0n) is 10.2. The van der Waals surface area contributed by atoms with Crippen LogP contribution in [0.2, 0.25) is 0 Å². The number of aromatic nitrogens is 2. The fraction of sp³-hybridized carbons (Fsp3) is 0.636. The maximum absolute atomic E-state index is 10.4.